The lowest BCUT2D eigenvalue weighted by molar-refractivity contribution is -0.134. The van der Waals surface area contributed by atoms with Crippen molar-refractivity contribution in [2.45, 2.75) is 32.6 Å². The van der Waals surface area contributed by atoms with E-state index in [1.807, 2.05) is 6.92 Å². The third-order valence-electron chi connectivity index (χ3n) is 4.23. The summed E-state index contributed by atoms with van der Waals surface area (Å²) in [4.78, 5) is 37.3. The molecule has 1 saturated heterocycles. The molecule has 1 heterocycles. The van der Waals surface area contributed by atoms with Crippen LogP contribution in [0.25, 0.3) is 0 Å². The number of ketones is 1. The van der Waals surface area contributed by atoms with Crippen molar-refractivity contribution in [2.75, 3.05) is 19.7 Å². The van der Waals surface area contributed by atoms with E-state index in [0.29, 0.717) is 25.3 Å². The van der Waals surface area contributed by atoms with Crippen molar-refractivity contribution in [3.05, 3.63) is 29.8 Å². The Kier molecular flexibility index (Phi) is 6.35. The van der Waals surface area contributed by atoms with E-state index in [2.05, 4.69) is 0 Å². The van der Waals surface area contributed by atoms with Crippen LogP contribution in [-0.2, 0) is 9.59 Å². The van der Waals surface area contributed by atoms with Gasteiger partial charge in [0.2, 0.25) is 11.8 Å². The smallest absolute Gasteiger partial charge is 0.223 e. The predicted octanol–water partition coefficient (Wildman–Crippen LogP) is 1.77. The van der Waals surface area contributed by atoms with Crippen molar-refractivity contribution >= 4 is 17.6 Å². The number of ether oxygens (including phenoxy) is 1. The molecule has 1 aromatic carbocycles. The number of amides is 2. The number of carbonyl (C=O) groups excluding carboxylic acids is 3. The molecule has 0 bridgehead atoms. The van der Waals surface area contributed by atoms with Crippen LogP contribution < -0.4 is 10.5 Å². The molecule has 6 heteroatoms. The SMILES string of the molecule is CCOc1ccc(C(=O)CCC(=O)N2CCCC(C(N)=O)C2)cc1. The third kappa shape index (κ3) is 4.81. The molecule has 1 aromatic rings. The summed E-state index contributed by atoms with van der Waals surface area (Å²) in [6, 6.07) is 6.92. The third-order valence-corrected chi connectivity index (χ3v) is 4.23. The number of rotatable bonds is 7. The van der Waals surface area contributed by atoms with Gasteiger partial charge < -0.3 is 15.4 Å². The number of primary amides is 1. The van der Waals surface area contributed by atoms with Crippen LogP contribution in [0.3, 0.4) is 0 Å². The molecule has 24 heavy (non-hydrogen) atoms. The number of carbonyl (C=O) groups is 3. The first-order valence-electron chi connectivity index (χ1n) is 8.34. The lowest BCUT2D eigenvalue weighted by Gasteiger charge is -2.31. The Bertz CT molecular complexity index is 598. The fraction of sp³-hybridized carbons (Fsp3) is 0.500. The highest BCUT2D eigenvalue weighted by molar-refractivity contribution is 5.98. The van der Waals surface area contributed by atoms with E-state index in [9.17, 15) is 14.4 Å². The van der Waals surface area contributed by atoms with Crippen molar-refractivity contribution < 1.29 is 19.1 Å². The molecule has 2 amide bonds. The van der Waals surface area contributed by atoms with Gasteiger partial charge in [0.15, 0.2) is 5.78 Å². The lowest BCUT2D eigenvalue weighted by atomic mass is 9.97. The second kappa shape index (κ2) is 8.47. The standard InChI is InChI=1S/C18H24N2O4/c1-2-24-15-7-5-13(6-8-15)16(21)9-10-17(22)20-11-3-4-14(12-20)18(19)23/h5-8,14H,2-4,9-12H2,1H3,(H2,19,23). The minimum Gasteiger partial charge on any atom is -0.494 e. The molecule has 2 rings (SSSR count). The summed E-state index contributed by atoms with van der Waals surface area (Å²) in [6.45, 7) is 3.46. The molecule has 2 N–H and O–H groups in total. The van der Waals surface area contributed by atoms with Crippen LogP contribution in [0.1, 0.15) is 43.0 Å². The zero-order valence-corrected chi connectivity index (χ0v) is 14.0. The van der Waals surface area contributed by atoms with E-state index in [1.54, 1.807) is 29.2 Å². The molecular formula is C18H24N2O4. The molecule has 0 radical (unpaired) electrons. The van der Waals surface area contributed by atoms with Crippen molar-refractivity contribution in [3.63, 3.8) is 0 Å². The van der Waals surface area contributed by atoms with E-state index in [-0.39, 0.29) is 36.4 Å². The molecule has 0 saturated carbocycles. The topological polar surface area (TPSA) is 89.7 Å². The maximum Gasteiger partial charge on any atom is 0.223 e. The quantitative estimate of drug-likeness (QED) is 0.771. The van der Waals surface area contributed by atoms with Gasteiger partial charge in [-0.3, -0.25) is 14.4 Å². The Hall–Kier alpha value is -2.37. The zero-order valence-electron chi connectivity index (χ0n) is 14.0. The lowest BCUT2D eigenvalue weighted by Crippen LogP contribution is -2.44. The number of likely N-dealkylation sites (tertiary alicyclic amines) is 1. The fourth-order valence-electron chi connectivity index (χ4n) is 2.86. The monoisotopic (exact) mass is 332 g/mol. The summed E-state index contributed by atoms with van der Waals surface area (Å²) in [5.41, 5.74) is 5.89. The molecular weight excluding hydrogens is 308 g/mol. The molecule has 130 valence electrons. The molecule has 1 atom stereocenters. The van der Waals surface area contributed by atoms with Crippen molar-refractivity contribution in [1.29, 1.82) is 0 Å². The Balaban J connectivity index is 1.84. The van der Waals surface area contributed by atoms with E-state index in [1.165, 1.54) is 0 Å². The van der Waals surface area contributed by atoms with Gasteiger partial charge in [-0.25, -0.2) is 0 Å². The number of nitrogens with two attached hydrogens (primary N) is 1. The average molecular weight is 332 g/mol. The molecule has 0 spiro atoms. The molecule has 0 aliphatic carbocycles. The molecule has 6 nitrogen and oxygen atoms in total. The second-order valence-electron chi connectivity index (χ2n) is 5.96. The highest BCUT2D eigenvalue weighted by Gasteiger charge is 2.27. The van der Waals surface area contributed by atoms with Crippen molar-refractivity contribution in [1.82, 2.24) is 4.90 Å². The van der Waals surface area contributed by atoms with Crippen LogP contribution in [0.2, 0.25) is 0 Å². The number of nitrogens with zero attached hydrogens (tertiary/aromatic N) is 1. The molecule has 1 unspecified atom stereocenters. The first-order chi connectivity index (χ1) is 11.5. The van der Waals surface area contributed by atoms with Crippen molar-refractivity contribution in [2.24, 2.45) is 11.7 Å². The first-order valence-corrected chi connectivity index (χ1v) is 8.34. The zero-order chi connectivity index (χ0) is 17.5. The van der Waals surface area contributed by atoms with E-state index in [4.69, 9.17) is 10.5 Å². The molecule has 1 aliphatic rings. The van der Waals surface area contributed by atoms with Gasteiger partial charge in [-0.2, -0.15) is 0 Å². The normalized spacial score (nSPS) is 17.4. The van der Waals surface area contributed by atoms with Gasteiger partial charge in [-0.15, -0.1) is 0 Å². The highest BCUT2D eigenvalue weighted by atomic mass is 16.5. The average Bonchev–Trinajstić information content (AvgIpc) is 2.60. The van der Waals surface area contributed by atoms with Crippen LogP contribution >= 0.6 is 0 Å². The maximum absolute atomic E-state index is 12.2. The van der Waals surface area contributed by atoms with E-state index in [0.717, 1.165) is 18.6 Å². The Morgan fingerprint density at radius 1 is 1.21 bits per heavy atom. The number of Topliss-reactive ketones (excluding diaryl/α,β-unsaturated/α-hetero) is 1. The van der Waals surface area contributed by atoms with Crippen LogP contribution in [0, 0.1) is 5.92 Å². The predicted molar refractivity (Wildman–Crippen MR) is 89.7 cm³/mol. The van der Waals surface area contributed by atoms with Crippen molar-refractivity contribution in [3.8, 4) is 5.75 Å². The van der Waals surface area contributed by atoms with Gasteiger partial charge in [-0.05, 0) is 44.0 Å². The van der Waals surface area contributed by atoms with E-state index < -0.39 is 0 Å². The van der Waals surface area contributed by atoms with Crippen LogP contribution in [-0.4, -0.2) is 42.2 Å². The number of hydrogen-bond acceptors (Lipinski definition) is 4. The summed E-state index contributed by atoms with van der Waals surface area (Å²) in [5, 5.41) is 0. The van der Waals surface area contributed by atoms with Gasteiger partial charge in [0, 0.05) is 31.5 Å². The first kappa shape index (κ1) is 18.0. The minimum absolute atomic E-state index is 0.0742. The van der Waals surface area contributed by atoms with Gasteiger partial charge >= 0.3 is 0 Å². The van der Waals surface area contributed by atoms with Gasteiger partial charge in [0.1, 0.15) is 5.75 Å². The summed E-state index contributed by atoms with van der Waals surface area (Å²) in [7, 11) is 0. The van der Waals surface area contributed by atoms with Crippen LogP contribution in [0.5, 0.6) is 5.75 Å². The summed E-state index contributed by atoms with van der Waals surface area (Å²) in [5.74, 6) is -0.0893. The number of benzene rings is 1. The highest BCUT2D eigenvalue weighted by Crippen LogP contribution is 2.18. The summed E-state index contributed by atoms with van der Waals surface area (Å²) < 4.78 is 5.34. The van der Waals surface area contributed by atoms with Crippen LogP contribution in [0.15, 0.2) is 24.3 Å². The van der Waals surface area contributed by atoms with Crippen LogP contribution in [0.4, 0.5) is 0 Å². The number of piperidine rings is 1. The number of hydrogen-bond donors (Lipinski definition) is 1. The summed E-state index contributed by atoms with van der Waals surface area (Å²) in [6.07, 6.45) is 1.80. The Morgan fingerprint density at radius 3 is 2.54 bits per heavy atom. The fourth-order valence-corrected chi connectivity index (χ4v) is 2.86. The van der Waals surface area contributed by atoms with E-state index >= 15 is 0 Å². The Labute approximate surface area is 142 Å². The van der Waals surface area contributed by atoms with Gasteiger partial charge in [-0.1, -0.05) is 0 Å². The van der Waals surface area contributed by atoms with Gasteiger partial charge in [0.25, 0.3) is 0 Å². The molecule has 1 aliphatic heterocycles. The summed E-state index contributed by atoms with van der Waals surface area (Å²) >= 11 is 0. The molecule has 1 fully saturated rings. The largest absolute Gasteiger partial charge is 0.494 e. The maximum atomic E-state index is 12.2. The molecule has 0 aromatic heterocycles. The Morgan fingerprint density at radius 2 is 1.92 bits per heavy atom. The second-order valence-corrected chi connectivity index (χ2v) is 5.96. The minimum atomic E-state index is -0.363. The van der Waals surface area contributed by atoms with Gasteiger partial charge in [0.05, 0.1) is 12.5 Å².